The fourth-order valence-corrected chi connectivity index (χ4v) is 2.60. The third-order valence-corrected chi connectivity index (χ3v) is 3.55. The van der Waals surface area contributed by atoms with E-state index in [-0.39, 0.29) is 11.9 Å². The molecule has 1 aromatic carbocycles. The number of amides is 1. The third kappa shape index (κ3) is 3.33. The Morgan fingerprint density at radius 2 is 2.05 bits per heavy atom. The topological polar surface area (TPSA) is 35.6 Å². The van der Waals surface area contributed by atoms with Crippen molar-refractivity contribution in [3.05, 3.63) is 35.9 Å². The lowest BCUT2D eigenvalue weighted by molar-refractivity contribution is -0.137. The Morgan fingerprint density at radius 3 is 2.63 bits per heavy atom. The summed E-state index contributed by atoms with van der Waals surface area (Å²) in [5, 5.41) is 3.37. The standard InChI is InChI=1S/C15H23N3O/c1-12-11-18(10-9-16-12)15(19)14(17(2)3)13-7-5-4-6-8-13/h4-8,12,14,16H,9-11H2,1-3H3/t12-,14-/m1/s1. The molecule has 4 nitrogen and oxygen atoms in total. The van der Waals surface area contributed by atoms with E-state index in [1.165, 1.54) is 0 Å². The Balaban J connectivity index is 2.17. The summed E-state index contributed by atoms with van der Waals surface area (Å²) in [4.78, 5) is 16.7. The van der Waals surface area contributed by atoms with E-state index in [1.807, 2.05) is 54.2 Å². The van der Waals surface area contributed by atoms with E-state index >= 15 is 0 Å². The smallest absolute Gasteiger partial charge is 0.244 e. The van der Waals surface area contributed by atoms with Crippen LogP contribution < -0.4 is 5.32 Å². The summed E-state index contributed by atoms with van der Waals surface area (Å²) < 4.78 is 0. The van der Waals surface area contributed by atoms with Crippen LogP contribution in [-0.4, -0.2) is 55.5 Å². The average Bonchev–Trinajstić information content (AvgIpc) is 2.39. The number of carbonyl (C=O) groups excluding carboxylic acids is 1. The molecule has 1 aliphatic rings. The van der Waals surface area contributed by atoms with Gasteiger partial charge in [0, 0.05) is 25.7 Å². The summed E-state index contributed by atoms with van der Waals surface area (Å²) in [5.74, 6) is 0.199. The number of carbonyl (C=O) groups is 1. The second-order valence-electron chi connectivity index (χ2n) is 5.42. The minimum atomic E-state index is -0.188. The highest BCUT2D eigenvalue weighted by atomic mass is 16.2. The second kappa shape index (κ2) is 6.17. The minimum Gasteiger partial charge on any atom is -0.338 e. The highest BCUT2D eigenvalue weighted by Crippen LogP contribution is 2.21. The number of benzene rings is 1. The van der Waals surface area contributed by atoms with Gasteiger partial charge in [-0.15, -0.1) is 0 Å². The van der Waals surface area contributed by atoms with Gasteiger partial charge in [-0.1, -0.05) is 30.3 Å². The average molecular weight is 261 g/mol. The molecule has 0 unspecified atom stereocenters. The molecule has 2 rings (SSSR count). The van der Waals surface area contributed by atoms with Crippen LogP contribution in [-0.2, 0) is 4.79 Å². The Hall–Kier alpha value is -1.39. The molecular weight excluding hydrogens is 238 g/mol. The first kappa shape index (κ1) is 14.0. The van der Waals surface area contributed by atoms with Gasteiger partial charge in [0.25, 0.3) is 0 Å². The summed E-state index contributed by atoms with van der Waals surface area (Å²) in [7, 11) is 3.92. The fraction of sp³-hybridized carbons (Fsp3) is 0.533. The summed E-state index contributed by atoms with van der Waals surface area (Å²) in [6.07, 6.45) is 0. The molecule has 1 aliphatic heterocycles. The van der Waals surface area contributed by atoms with Crippen molar-refractivity contribution in [2.75, 3.05) is 33.7 Å². The molecule has 1 saturated heterocycles. The van der Waals surface area contributed by atoms with Gasteiger partial charge in [0.05, 0.1) is 0 Å². The van der Waals surface area contributed by atoms with Gasteiger partial charge >= 0.3 is 0 Å². The van der Waals surface area contributed by atoms with Crippen LogP contribution in [0, 0.1) is 0 Å². The molecule has 1 heterocycles. The first-order chi connectivity index (χ1) is 9.09. The molecule has 4 heteroatoms. The van der Waals surface area contributed by atoms with Crippen LogP contribution in [0.5, 0.6) is 0 Å². The zero-order chi connectivity index (χ0) is 13.8. The second-order valence-corrected chi connectivity index (χ2v) is 5.42. The van der Waals surface area contributed by atoms with E-state index in [0.717, 1.165) is 25.2 Å². The molecule has 0 aromatic heterocycles. The van der Waals surface area contributed by atoms with Crippen LogP contribution in [0.1, 0.15) is 18.5 Å². The Morgan fingerprint density at radius 1 is 1.37 bits per heavy atom. The molecule has 2 atom stereocenters. The largest absolute Gasteiger partial charge is 0.338 e. The number of hydrogen-bond acceptors (Lipinski definition) is 3. The highest BCUT2D eigenvalue weighted by Gasteiger charge is 2.29. The van der Waals surface area contributed by atoms with Gasteiger partial charge in [-0.2, -0.15) is 0 Å². The predicted octanol–water partition coefficient (Wildman–Crippen LogP) is 1.11. The van der Waals surface area contributed by atoms with Gasteiger partial charge in [-0.25, -0.2) is 0 Å². The molecule has 0 bridgehead atoms. The SMILES string of the molecule is C[C@@H]1CN(C(=O)[C@@H](c2ccccc2)N(C)C)CCN1. The van der Waals surface area contributed by atoms with Crippen molar-refractivity contribution in [1.29, 1.82) is 0 Å². The maximum Gasteiger partial charge on any atom is 0.244 e. The quantitative estimate of drug-likeness (QED) is 0.885. The van der Waals surface area contributed by atoms with Gasteiger partial charge in [-0.05, 0) is 26.6 Å². The molecule has 0 spiro atoms. The fourth-order valence-electron chi connectivity index (χ4n) is 2.60. The Labute approximate surface area is 115 Å². The van der Waals surface area contributed by atoms with E-state index < -0.39 is 0 Å². The van der Waals surface area contributed by atoms with E-state index in [9.17, 15) is 4.79 Å². The van der Waals surface area contributed by atoms with Crippen LogP contribution in [0.15, 0.2) is 30.3 Å². The van der Waals surface area contributed by atoms with Gasteiger partial charge in [0.1, 0.15) is 6.04 Å². The molecule has 1 aromatic rings. The Kier molecular flexibility index (Phi) is 4.56. The van der Waals surface area contributed by atoms with Crippen LogP contribution in [0.3, 0.4) is 0 Å². The van der Waals surface area contributed by atoms with Gasteiger partial charge in [0.2, 0.25) is 5.91 Å². The molecule has 0 aliphatic carbocycles. The zero-order valence-corrected chi connectivity index (χ0v) is 12.0. The van der Waals surface area contributed by atoms with E-state index in [4.69, 9.17) is 0 Å². The number of hydrogen-bond donors (Lipinski definition) is 1. The van der Waals surface area contributed by atoms with Crippen LogP contribution in [0.4, 0.5) is 0 Å². The number of piperazine rings is 1. The van der Waals surface area contributed by atoms with Crippen molar-refractivity contribution in [2.24, 2.45) is 0 Å². The Bertz CT molecular complexity index is 419. The van der Waals surface area contributed by atoms with E-state index in [1.54, 1.807) is 0 Å². The highest BCUT2D eigenvalue weighted by molar-refractivity contribution is 5.83. The summed E-state index contributed by atoms with van der Waals surface area (Å²) in [6.45, 7) is 4.57. The van der Waals surface area contributed by atoms with E-state index in [0.29, 0.717) is 6.04 Å². The molecule has 0 saturated carbocycles. The normalized spacial score (nSPS) is 21.5. The molecule has 1 N–H and O–H groups in total. The molecule has 19 heavy (non-hydrogen) atoms. The number of nitrogens with zero attached hydrogens (tertiary/aromatic N) is 2. The van der Waals surface area contributed by atoms with Crippen LogP contribution >= 0.6 is 0 Å². The summed E-state index contributed by atoms with van der Waals surface area (Å²) in [5.41, 5.74) is 1.06. The predicted molar refractivity (Wildman–Crippen MR) is 76.9 cm³/mol. The number of likely N-dealkylation sites (N-methyl/N-ethyl adjacent to an activating group) is 1. The van der Waals surface area contributed by atoms with Crippen molar-refractivity contribution in [1.82, 2.24) is 15.1 Å². The third-order valence-electron chi connectivity index (χ3n) is 3.55. The van der Waals surface area contributed by atoms with E-state index in [2.05, 4.69) is 12.2 Å². The molecular formula is C15H23N3O. The van der Waals surface area contributed by atoms with Crippen molar-refractivity contribution in [3.8, 4) is 0 Å². The molecule has 0 radical (unpaired) electrons. The number of rotatable bonds is 3. The lowest BCUT2D eigenvalue weighted by atomic mass is 10.0. The maximum absolute atomic E-state index is 12.7. The monoisotopic (exact) mass is 261 g/mol. The first-order valence-electron chi connectivity index (χ1n) is 6.83. The van der Waals surface area contributed by atoms with Gasteiger partial charge in [-0.3, -0.25) is 9.69 Å². The van der Waals surface area contributed by atoms with Crippen molar-refractivity contribution in [3.63, 3.8) is 0 Å². The van der Waals surface area contributed by atoms with Gasteiger partial charge in [0.15, 0.2) is 0 Å². The molecule has 1 amide bonds. The van der Waals surface area contributed by atoms with Crippen molar-refractivity contribution < 1.29 is 4.79 Å². The zero-order valence-electron chi connectivity index (χ0n) is 12.0. The molecule has 1 fully saturated rings. The lowest BCUT2D eigenvalue weighted by Gasteiger charge is -2.36. The van der Waals surface area contributed by atoms with Crippen LogP contribution in [0.25, 0.3) is 0 Å². The van der Waals surface area contributed by atoms with Crippen molar-refractivity contribution >= 4 is 5.91 Å². The lowest BCUT2D eigenvalue weighted by Crippen LogP contribution is -2.53. The van der Waals surface area contributed by atoms with Crippen LogP contribution in [0.2, 0.25) is 0 Å². The maximum atomic E-state index is 12.7. The summed E-state index contributed by atoms with van der Waals surface area (Å²) >= 11 is 0. The van der Waals surface area contributed by atoms with Crippen molar-refractivity contribution in [2.45, 2.75) is 19.0 Å². The number of nitrogens with one attached hydrogen (secondary N) is 1. The first-order valence-corrected chi connectivity index (χ1v) is 6.83. The molecule has 104 valence electrons. The van der Waals surface area contributed by atoms with Gasteiger partial charge < -0.3 is 10.2 Å². The summed E-state index contributed by atoms with van der Waals surface area (Å²) in [6, 6.07) is 10.2. The minimum absolute atomic E-state index is 0.188.